The molecule has 0 aromatic rings. The van der Waals surface area contributed by atoms with Crippen molar-refractivity contribution in [3.8, 4) is 0 Å². The van der Waals surface area contributed by atoms with Crippen molar-refractivity contribution in [3.63, 3.8) is 0 Å². The third-order valence-corrected chi connectivity index (χ3v) is 11.9. The number of halogens is 2. The molecule has 4 fully saturated rings. The van der Waals surface area contributed by atoms with Crippen LogP contribution in [0.3, 0.4) is 0 Å². The molecule has 0 spiro atoms. The predicted molar refractivity (Wildman–Crippen MR) is 128 cm³/mol. The molecule has 0 unspecified atom stereocenters. The molecule has 0 aromatic carbocycles. The van der Waals surface area contributed by atoms with E-state index in [1.165, 1.54) is 0 Å². The number of aliphatic hydroxyl groups excluding tert-OH is 3. The summed E-state index contributed by atoms with van der Waals surface area (Å²) in [4.78, 5) is 12.0. The van der Waals surface area contributed by atoms with Gasteiger partial charge in [0.2, 0.25) is 0 Å². The van der Waals surface area contributed by atoms with Gasteiger partial charge in [-0.15, -0.1) is 0 Å². The van der Waals surface area contributed by atoms with Gasteiger partial charge < -0.3 is 24.6 Å². The molecule has 214 valence electrons. The third kappa shape index (κ3) is 4.96. The standard InChI is InChI=1S/C26H42F2O8S/c1-14(4-7-22(32)36-13-26(27,28)37(33,34)35)17-5-6-18-23-19(12-21(31)25(17,18)3)24(2)9-8-16(29)10-15(24)11-20(23)30/h14-21,23,29-31H,4-13H2,1-3H3,(H,33,34,35)/p-1/t14-,15+,16-,17-,18+,19+,20-,21+,23+,24+,25-/m1/s1. The molecular formula is C26H41F2O8S-. The normalized spacial score (nSPS) is 44.9. The summed E-state index contributed by atoms with van der Waals surface area (Å²) >= 11 is 0. The molecule has 0 saturated heterocycles. The first-order chi connectivity index (χ1) is 17.0. The van der Waals surface area contributed by atoms with E-state index in [4.69, 9.17) is 0 Å². The fourth-order valence-corrected chi connectivity index (χ4v) is 9.19. The highest BCUT2D eigenvalue weighted by Gasteiger charge is 2.65. The SMILES string of the molecule is C[C@H](CCC(=O)OCC(F)(F)S(=O)(=O)[O-])[C@H]1CC[C@H]2[C@@H]3[C@H](O)C[C@@H]4C[C@H](O)CC[C@]4(C)[C@H]3C[C@H](O)[C@]12C. The van der Waals surface area contributed by atoms with Crippen LogP contribution < -0.4 is 0 Å². The molecule has 4 aliphatic carbocycles. The fraction of sp³-hybridized carbons (Fsp3) is 0.962. The van der Waals surface area contributed by atoms with E-state index in [0.29, 0.717) is 25.7 Å². The van der Waals surface area contributed by atoms with Crippen molar-refractivity contribution in [2.75, 3.05) is 6.61 Å². The van der Waals surface area contributed by atoms with Gasteiger partial charge in [0.1, 0.15) is 0 Å². The summed E-state index contributed by atoms with van der Waals surface area (Å²) in [6.07, 6.45) is 3.92. The number of alkyl halides is 2. The summed E-state index contributed by atoms with van der Waals surface area (Å²) in [5, 5.41) is 28.5. The van der Waals surface area contributed by atoms with Crippen LogP contribution in [0.15, 0.2) is 0 Å². The van der Waals surface area contributed by atoms with Gasteiger partial charge in [-0.05, 0) is 97.7 Å². The molecule has 8 nitrogen and oxygen atoms in total. The number of hydrogen-bond acceptors (Lipinski definition) is 8. The van der Waals surface area contributed by atoms with Crippen molar-refractivity contribution in [3.05, 3.63) is 0 Å². The zero-order chi connectivity index (χ0) is 27.6. The van der Waals surface area contributed by atoms with Gasteiger partial charge in [-0.2, -0.15) is 8.78 Å². The number of carbonyl (C=O) groups excluding carboxylic acids is 1. The maximum absolute atomic E-state index is 13.3. The van der Waals surface area contributed by atoms with Crippen LogP contribution in [0.2, 0.25) is 0 Å². The predicted octanol–water partition coefficient (Wildman–Crippen LogP) is 3.05. The van der Waals surface area contributed by atoms with E-state index in [9.17, 15) is 41.9 Å². The summed E-state index contributed by atoms with van der Waals surface area (Å²) in [5.41, 5.74) is -0.495. The van der Waals surface area contributed by atoms with Gasteiger partial charge in [0, 0.05) is 6.42 Å². The Morgan fingerprint density at radius 2 is 1.78 bits per heavy atom. The lowest BCUT2D eigenvalue weighted by atomic mass is 9.43. The van der Waals surface area contributed by atoms with Crippen LogP contribution in [0.25, 0.3) is 0 Å². The minimum Gasteiger partial charge on any atom is -0.743 e. The van der Waals surface area contributed by atoms with E-state index >= 15 is 0 Å². The third-order valence-electron chi connectivity index (χ3n) is 11.1. The van der Waals surface area contributed by atoms with Gasteiger partial charge in [-0.25, -0.2) is 8.42 Å². The number of esters is 1. The number of rotatable bonds is 7. The van der Waals surface area contributed by atoms with Crippen molar-refractivity contribution >= 4 is 16.1 Å². The van der Waals surface area contributed by atoms with E-state index in [2.05, 4.69) is 18.6 Å². The van der Waals surface area contributed by atoms with Crippen LogP contribution in [0, 0.1) is 46.3 Å². The van der Waals surface area contributed by atoms with Crippen LogP contribution >= 0.6 is 0 Å². The Morgan fingerprint density at radius 1 is 1.11 bits per heavy atom. The Balaban J connectivity index is 1.43. The summed E-state index contributed by atoms with van der Waals surface area (Å²) in [7, 11) is -5.92. The summed E-state index contributed by atoms with van der Waals surface area (Å²) in [6, 6.07) is 0. The van der Waals surface area contributed by atoms with Gasteiger partial charge in [-0.3, -0.25) is 4.79 Å². The molecule has 0 radical (unpaired) electrons. The monoisotopic (exact) mass is 551 g/mol. The second-order valence-electron chi connectivity index (χ2n) is 12.8. The molecule has 0 amide bonds. The number of ether oxygens (including phenoxy) is 1. The highest BCUT2D eigenvalue weighted by Crippen LogP contribution is 2.68. The summed E-state index contributed by atoms with van der Waals surface area (Å²) in [5.74, 6) is -0.424. The Bertz CT molecular complexity index is 976. The number of fused-ring (bicyclic) bond motifs is 5. The van der Waals surface area contributed by atoms with Crippen LogP contribution in [0.4, 0.5) is 8.78 Å². The van der Waals surface area contributed by atoms with Gasteiger partial charge in [0.05, 0.1) is 18.3 Å². The Hall–Kier alpha value is -0.880. The highest BCUT2D eigenvalue weighted by molar-refractivity contribution is 7.86. The topological polar surface area (TPSA) is 144 Å². The smallest absolute Gasteiger partial charge is 0.367 e. The quantitative estimate of drug-likeness (QED) is 0.324. The Kier molecular flexibility index (Phi) is 7.82. The van der Waals surface area contributed by atoms with E-state index in [-0.39, 0.29) is 53.4 Å². The van der Waals surface area contributed by atoms with Crippen molar-refractivity contribution in [2.45, 2.75) is 102 Å². The lowest BCUT2D eigenvalue weighted by molar-refractivity contribution is -0.207. The zero-order valence-electron chi connectivity index (χ0n) is 21.8. The molecule has 0 aromatic heterocycles. The lowest BCUT2D eigenvalue weighted by Gasteiger charge is -2.63. The van der Waals surface area contributed by atoms with Crippen molar-refractivity contribution < 1.29 is 46.6 Å². The molecule has 0 aliphatic heterocycles. The van der Waals surface area contributed by atoms with Crippen LogP contribution in [0.1, 0.15) is 78.6 Å². The zero-order valence-corrected chi connectivity index (χ0v) is 22.6. The minimum absolute atomic E-state index is 0.0292. The second kappa shape index (κ2) is 9.94. The number of hydrogen-bond donors (Lipinski definition) is 3. The molecule has 4 saturated carbocycles. The second-order valence-corrected chi connectivity index (χ2v) is 14.3. The fourth-order valence-electron chi connectivity index (χ4n) is 8.99. The first-order valence-electron chi connectivity index (χ1n) is 13.6. The molecule has 11 atom stereocenters. The van der Waals surface area contributed by atoms with E-state index in [1.807, 2.05) is 6.92 Å². The van der Waals surface area contributed by atoms with Gasteiger partial charge in [0.15, 0.2) is 16.7 Å². The molecule has 37 heavy (non-hydrogen) atoms. The highest BCUT2D eigenvalue weighted by atomic mass is 32.2. The van der Waals surface area contributed by atoms with Gasteiger partial charge in [0.25, 0.3) is 0 Å². The average Bonchev–Trinajstić information content (AvgIpc) is 3.16. The van der Waals surface area contributed by atoms with E-state index in [1.54, 1.807) is 0 Å². The van der Waals surface area contributed by atoms with Crippen molar-refractivity contribution in [2.24, 2.45) is 46.3 Å². The Morgan fingerprint density at radius 3 is 2.43 bits per heavy atom. The molecule has 4 rings (SSSR count). The van der Waals surface area contributed by atoms with Crippen molar-refractivity contribution in [1.29, 1.82) is 0 Å². The summed E-state index contributed by atoms with van der Waals surface area (Å²) in [6.45, 7) is 4.51. The van der Waals surface area contributed by atoms with Gasteiger partial charge in [-0.1, -0.05) is 20.8 Å². The maximum Gasteiger partial charge on any atom is 0.367 e. The molecule has 4 aliphatic rings. The van der Waals surface area contributed by atoms with E-state index in [0.717, 1.165) is 25.7 Å². The lowest BCUT2D eigenvalue weighted by Crippen LogP contribution is -2.62. The van der Waals surface area contributed by atoms with Crippen LogP contribution in [-0.4, -0.2) is 64.4 Å². The molecule has 3 N–H and O–H groups in total. The minimum atomic E-state index is -5.92. The maximum atomic E-state index is 13.3. The number of aliphatic hydroxyl groups is 3. The largest absolute Gasteiger partial charge is 0.743 e. The van der Waals surface area contributed by atoms with Crippen molar-refractivity contribution in [1.82, 2.24) is 0 Å². The Labute approximate surface area is 217 Å². The average molecular weight is 552 g/mol. The molecule has 11 heteroatoms. The molecular weight excluding hydrogens is 510 g/mol. The first-order valence-corrected chi connectivity index (χ1v) is 15.0. The first kappa shape index (κ1) is 29.1. The molecule has 0 heterocycles. The summed E-state index contributed by atoms with van der Waals surface area (Å²) < 4.78 is 62.7. The molecule has 0 bridgehead atoms. The van der Waals surface area contributed by atoms with Crippen LogP contribution in [0.5, 0.6) is 0 Å². The van der Waals surface area contributed by atoms with Gasteiger partial charge >= 0.3 is 11.2 Å². The number of carbonyl (C=O) groups is 1. The van der Waals surface area contributed by atoms with Crippen LogP contribution in [-0.2, 0) is 19.6 Å². The van der Waals surface area contributed by atoms with E-state index < -0.39 is 45.6 Å².